The molecule has 1 aliphatic heterocycles. The van der Waals surface area contributed by atoms with Crippen molar-refractivity contribution in [3.8, 4) is 0 Å². The van der Waals surface area contributed by atoms with E-state index < -0.39 is 0 Å². The van der Waals surface area contributed by atoms with Gasteiger partial charge in [0.05, 0.1) is 11.3 Å². The summed E-state index contributed by atoms with van der Waals surface area (Å²) in [6.07, 6.45) is 2.02. The normalized spacial score (nSPS) is 16.8. The van der Waals surface area contributed by atoms with E-state index in [0.717, 1.165) is 47.9 Å². The predicted octanol–water partition coefficient (Wildman–Crippen LogP) is 1.65. The summed E-state index contributed by atoms with van der Waals surface area (Å²) in [6.45, 7) is 5.42. The molecular weight excluding hydrogens is 248 g/mol. The van der Waals surface area contributed by atoms with E-state index >= 15 is 0 Å². The van der Waals surface area contributed by atoms with E-state index in [4.69, 9.17) is 15.9 Å². The second kappa shape index (κ2) is 5.67. The topological polar surface area (TPSA) is 84.9 Å². The smallest absolute Gasteiger partial charge is 0.130 e. The minimum Gasteiger partial charge on any atom is -0.384 e. The van der Waals surface area contributed by atoms with Gasteiger partial charge in [-0.25, -0.2) is 0 Å². The summed E-state index contributed by atoms with van der Waals surface area (Å²) in [5, 5.41) is 17.3. The number of nitrogens with zero attached hydrogens (tertiary/aromatic N) is 2. The van der Waals surface area contributed by atoms with E-state index in [-0.39, 0.29) is 5.84 Å². The summed E-state index contributed by atoms with van der Waals surface area (Å²) in [4.78, 5) is 0. The Bertz CT molecular complexity index is 458. The van der Waals surface area contributed by atoms with Crippen molar-refractivity contribution in [3.63, 3.8) is 0 Å². The molecule has 1 aliphatic rings. The van der Waals surface area contributed by atoms with Crippen molar-refractivity contribution >= 4 is 17.6 Å². The third-order valence-corrected chi connectivity index (χ3v) is 4.45. The minimum absolute atomic E-state index is 0.0695. The van der Waals surface area contributed by atoms with Crippen LogP contribution in [0.3, 0.4) is 0 Å². The van der Waals surface area contributed by atoms with Gasteiger partial charge in [0.1, 0.15) is 10.9 Å². The van der Waals surface area contributed by atoms with Crippen LogP contribution in [0.15, 0.2) is 5.03 Å². The molecule has 1 fully saturated rings. The molecule has 0 spiro atoms. The van der Waals surface area contributed by atoms with E-state index in [2.05, 4.69) is 10.2 Å². The standard InChI is InChI=1S/C12H18N4OS/c1-7-8(2)15-16-12(10(7)11(13)14)18-9-3-5-17-6-4-9/h9H,3-6H2,1-2H3,(H3,13,14). The Morgan fingerprint density at radius 2 is 2.00 bits per heavy atom. The Hall–Kier alpha value is -1.14. The van der Waals surface area contributed by atoms with Crippen molar-refractivity contribution in [3.05, 3.63) is 16.8 Å². The van der Waals surface area contributed by atoms with Crippen LogP contribution in [0.4, 0.5) is 0 Å². The van der Waals surface area contributed by atoms with Crippen LogP contribution in [0.2, 0.25) is 0 Å². The second-order valence-corrected chi connectivity index (χ2v) is 5.72. The molecule has 0 amide bonds. The van der Waals surface area contributed by atoms with Gasteiger partial charge in [0.25, 0.3) is 0 Å². The van der Waals surface area contributed by atoms with Crippen molar-refractivity contribution in [2.45, 2.75) is 37.0 Å². The van der Waals surface area contributed by atoms with Gasteiger partial charge >= 0.3 is 0 Å². The van der Waals surface area contributed by atoms with Gasteiger partial charge in [0.15, 0.2) is 0 Å². The highest BCUT2D eigenvalue weighted by molar-refractivity contribution is 7.99. The van der Waals surface area contributed by atoms with E-state index in [0.29, 0.717) is 5.25 Å². The SMILES string of the molecule is Cc1nnc(SC2CCOCC2)c(C(=N)N)c1C. The number of hydrogen-bond acceptors (Lipinski definition) is 5. The molecule has 0 bridgehead atoms. The number of nitrogen functional groups attached to an aromatic ring is 1. The van der Waals surface area contributed by atoms with Gasteiger partial charge in [0.2, 0.25) is 0 Å². The number of nitrogens with one attached hydrogen (secondary N) is 1. The monoisotopic (exact) mass is 266 g/mol. The number of aryl methyl sites for hydroxylation is 1. The molecule has 0 aromatic carbocycles. The molecule has 0 saturated carbocycles. The van der Waals surface area contributed by atoms with Gasteiger partial charge in [-0.15, -0.1) is 16.9 Å². The number of ether oxygens (including phenoxy) is 1. The van der Waals surface area contributed by atoms with Crippen molar-refractivity contribution < 1.29 is 4.74 Å². The van der Waals surface area contributed by atoms with Crippen molar-refractivity contribution in [2.75, 3.05) is 13.2 Å². The molecule has 1 aromatic rings. The average molecular weight is 266 g/mol. The fraction of sp³-hybridized carbons (Fsp3) is 0.583. The van der Waals surface area contributed by atoms with Gasteiger partial charge in [-0.2, -0.15) is 5.10 Å². The highest BCUT2D eigenvalue weighted by Gasteiger charge is 2.20. The number of nitrogens with two attached hydrogens (primary N) is 1. The van der Waals surface area contributed by atoms with Crippen LogP contribution in [-0.4, -0.2) is 34.5 Å². The molecule has 0 radical (unpaired) electrons. The fourth-order valence-corrected chi connectivity index (χ4v) is 3.15. The zero-order valence-electron chi connectivity index (χ0n) is 10.7. The van der Waals surface area contributed by atoms with Gasteiger partial charge in [-0.05, 0) is 32.3 Å². The summed E-state index contributed by atoms with van der Waals surface area (Å²) >= 11 is 1.67. The van der Waals surface area contributed by atoms with Crippen molar-refractivity contribution in [2.24, 2.45) is 5.73 Å². The zero-order chi connectivity index (χ0) is 13.1. The predicted molar refractivity (Wildman–Crippen MR) is 72.2 cm³/mol. The molecule has 5 nitrogen and oxygen atoms in total. The molecule has 2 heterocycles. The van der Waals surface area contributed by atoms with E-state index in [1.54, 1.807) is 11.8 Å². The zero-order valence-corrected chi connectivity index (χ0v) is 11.5. The fourth-order valence-electron chi connectivity index (χ4n) is 1.94. The highest BCUT2D eigenvalue weighted by atomic mass is 32.2. The number of rotatable bonds is 3. The second-order valence-electron chi connectivity index (χ2n) is 4.43. The lowest BCUT2D eigenvalue weighted by Crippen LogP contribution is -2.20. The molecule has 0 atom stereocenters. The molecule has 18 heavy (non-hydrogen) atoms. The molecule has 1 saturated heterocycles. The van der Waals surface area contributed by atoms with E-state index in [1.165, 1.54) is 0 Å². The van der Waals surface area contributed by atoms with Crippen LogP contribution in [0.1, 0.15) is 29.7 Å². The molecule has 1 aromatic heterocycles. The van der Waals surface area contributed by atoms with Crippen LogP contribution < -0.4 is 5.73 Å². The van der Waals surface area contributed by atoms with E-state index in [1.807, 2.05) is 13.8 Å². The molecule has 98 valence electrons. The van der Waals surface area contributed by atoms with Crippen molar-refractivity contribution in [1.29, 1.82) is 5.41 Å². The van der Waals surface area contributed by atoms with Gasteiger partial charge in [-0.1, -0.05) is 0 Å². The Morgan fingerprint density at radius 3 is 2.61 bits per heavy atom. The van der Waals surface area contributed by atoms with Gasteiger partial charge < -0.3 is 10.5 Å². The first-order valence-electron chi connectivity index (χ1n) is 6.02. The maximum atomic E-state index is 7.70. The summed E-state index contributed by atoms with van der Waals surface area (Å²) in [5.74, 6) is 0.0695. The quantitative estimate of drug-likeness (QED) is 0.642. The Balaban J connectivity index is 2.26. The number of amidine groups is 1. The number of thioether (sulfide) groups is 1. The number of hydrogen-bond donors (Lipinski definition) is 2. The third-order valence-electron chi connectivity index (χ3n) is 3.14. The van der Waals surface area contributed by atoms with Crippen molar-refractivity contribution in [1.82, 2.24) is 10.2 Å². The van der Waals surface area contributed by atoms with E-state index in [9.17, 15) is 0 Å². The third kappa shape index (κ3) is 2.81. The first-order chi connectivity index (χ1) is 8.59. The Labute approximate surface area is 111 Å². The molecule has 2 rings (SSSR count). The summed E-state index contributed by atoms with van der Waals surface area (Å²) in [5.41, 5.74) is 8.18. The maximum Gasteiger partial charge on any atom is 0.130 e. The highest BCUT2D eigenvalue weighted by Crippen LogP contribution is 2.31. The first kappa shape index (κ1) is 13.3. The molecule has 0 unspecified atom stereocenters. The van der Waals surface area contributed by atoms with Crippen LogP contribution in [0, 0.1) is 19.3 Å². The van der Waals surface area contributed by atoms with Crippen LogP contribution in [0.5, 0.6) is 0 Å². The first-order valence-corrected chi connectivity index (χ1v) is 6.90. The van der Waals surface area contributed by atoms with Crippen LogP contribution >= 0.6 is 11.8 Å². The largest absolute Gasteiger partial charge is 0.384 e. The van der Waals surface area contributed by atoms with Crippen LogP contribution in [0.25, 0.3) is 0 Å². The summed E-state index contributed by atoms with van der Waals surface area (Å²) in [7, 11) is 0. The Morgan fingerprint density at radius 1 is 1.33 bits per heavy atom. The lowest BCUT2D eigenvalue weighted by Gasteiger charge is -2.22. The molecule has 3 N–H and O–H groups in total. The lowest BCUT2D eigenvalue weighted by atomic mass is 10.1. The number of aromatic nitrogens is 2. The molecular formula is C12H18N4OS. The molecule has 0 aliphatic carbocycles. The lowest BCUT2D eigenvalue weighted by molar-refractivity contribution is 0.1000. The maximum absolute atomic E-state index is 7.70. The summed E-state index contributed by atoms with van der Waals surface area (Å²) < 4.78 is 5.34. The minimum atomic E-state index is 0.0695. The van der Waals surface area contributed by atoms with Crippen LogP contribution in [-0.2, 0) is 4.74 Å². The molecule has 6 heteroatoms. The van der Waals surface area contributed by atoms with Gasteiger partial charge in [0, 0.05) is 18.5 Å². The average Bonchev–Trinajstić information content (AvgIpc) is 2.35. The van der Waals surface area contributed by atoms with Gasteiger partial charge in [-0.3, -0.25) is 5.41 Å². The Kier molecular flexibility index (Phi) is 4.19. The summed E-state index contributed by atoms with van der Waals surface area (Å²) in [6, 6.07) is 0.